The van der Waals surface area contributed by atoms with Crippen molar-refractivity contribution in [3.63, 3.8) is 0 Å². The Morgan fingerprint density at radius 2 is 2.04 bits per heavy atom. The average molecular weight is 349 g/mol. The third kappa shape index (κ3) is 3.77. The topological polar surface area (TPSA) is 81.5 Å². The lowest BCUT2D eigenvalue weighted by atomic mass is 9.95. The van der Waals surface area contributed by atoms with Crippen molar-refractivity contribution in [2.75, 3.05) is 19.3 Å². The number of hydrogen-bond donors (Lipinski definition) is 0. The van der Waals surface area contributed by atoms with Gasteiger partial charge in [-0.05, 0) is 31.4 Å². The molecule has 1 aromatic rings. The third-order valence-corrected chi connectivity index (χ3v) is 6.18. The van der Waals surface area contributed by atoms with E-state index < -0.39 is 16.1 Å². The van der Waals surface area contributed by atoms with Crippen LogP contribution in [-0.4, -0.2) is 48.9 Å². The van der Waals surface area contributed by atoms with Gasteiger partial charge in [-0.15, -0.1) is 0 Å². The number of hydrogen-bond acceptors (Lipinski definition) is 4. The molecule has 1 amide bonds. The molecule has 0 spiro atoms. The lowest BCUT2D eigenvalue weighted by Gasteiger charge is -2.36. The highest BCUT2D eigenvalue weighted by molar-refractivity contribution is 7.89. The quantitative estimate of drug-likeness (QED) is 0.804. The van der Waals surface area contributed by atoms with Crippen LogP contribution < -0.4 is 0 Å². The Bertz CT molecular complexity index is 755. The van der Waals surface area contributed by atoms with E-state index in [1.54, 1.807) is 20.9 Å². The number of carbonyl (C=O) groups is 1. The van der Waals surface area contributed by atoms with Crippen LogP contribution in [0.2, 0.25) is 0 Å². The molecule has 0 saturated heterocycles. The third-order valence-electron chi connectivity index (χ3n) is 4.36. The van der Waals surface area contributed by atoms with Gasteiger partial charge in [0.05, 0.1) is 17.7 Å². The molecule has 1 aliphatic rings. The van der Waals surface area contributed by atoms with Crippen LogP contribution in [0.1, 0.15) is 25.0 Å². The summed E-state index contributed by atoms with van der Waals surface area (Å²) in [6.45, 7) is 3.82. The van der Waals surface area contributed by atoms with Crippen LogP contribution in [-0.2, 0) is 27.8 Å². The fourth-order valence-electron chi connectivity index (χ4n) is 2.96. The number of benzene rings is 1. The van der Waals surface area contributed by atoms with Crippen LogP contribution in [0.15, 0.2) is 24.3 Å². The number of sulfonamides is 1. The molecule has 0 bridgehead atoms. The molecule has 0 radical (unpaired) electrons. The Balaban J connectivity index is 2.34. The summed E-state index contributed by atoms with van der Waals surface area (Å²) in [7, 11) is -1.89. The fourth-order valence-corrected chi connectivity index (χ4v) is 4.18. The number of amides is 1. The highest BCUT2D eigenvalue weighted by Gasteiger charge is 2.39. The van der Waals surface area contributed by atoms with E-state index in [-0.39, 0.29) is 30.7 Å². The molecule has 2 atom stereocenters. The minimum Gasteiger partial charge on any atom is -0.343 e. The van der Waals surface area contributed by atoms with Gasteiger partial charge in [0.1, 0.15) is 6.04 Å². The minimum atomic E-state index is -3.50. The van der Waals surface area contributed by atoms with Crippen molar-refractivity contribution in [3.05, 3.63) is 35.4 Å². The molecule has 7 heteroatoms. The molecule has 0 N–H and O–H groups in total. The fraction of sp³-hybridized carbons (Fsp3) is 0.529. The van der Waals surface area contributed by atoms with E-state index in [9.17, 15) is 13.2 Å². The predicted octanol–water partition coefficient (Wildman–Crippen LogP) is 1.38. The molecular formula is C17H23N3O3S. The molecule has 0 saturated carbocycles. The molecule has 1 heterocycles. The standard InChI is InChI=1S/C17H23N3O3S/c1-4-24(22,23)20-12-15-8-6-5-7-14(15)9-16(20)17(21)19(3)11-13(2)10-18/h5-8,13,16H,4,9,11-12H2,1-3H3. The van der Waals surface area contributed by atoms with Gasteiger partial charge in [0, 0.05) is 20.1 Å². The van der Waals surface area contributed by atoms with E-state index in [0.29, 0.717) is 6.42 Å². The lowest BCUT2D eigenvalue weighted by molar-refractivity contribution is -0.134. The first kappa shape index (κ1) is 18.4. The van der Waals surface area contributed by atoms with Crippen LogP contribution in [0.3, 0.4) is 0 Å². The molecule has 2 unspecified atom stereocenters. The number of nitriles is 1. The molecule has 2 rings (SSSR count). The van der Waals surface area contributed by atoms with Gasteiger partial charge in [-0.2, -0.15) is 9.57 Å². The Labute approximate surface area is 143 Å². The molecule has 0 fully saturated rings. The maximum atomic E-state index is 12.8. The van der Waals surface area contributed by atoms with Crippen LogP contribution in [0.5, 0.6) is 0 Å². The van der Waals surface area contributed by atoms with E-state index in [0.717, 1.165) is 11.1 Å². The van der Waals surface area contributed by atoms with Gasteiger partial charge < -0.3 is 4.90 Å². The second-order valence-corrected chi connectivity index (χ2v) is 8.39. The Morgan fingerprint density at radius 3 is 2.62 bits per heavy atom. The zero-order valence-electron chi connectivity index (χ0n) is 14.3. The number of nitrogens with zero attached hydrogens (tertiary/aromatic N) is 3. The number of fused-ring (bicyclic) bond motifs is 1. The Hall–Kier alpha value is -1.91. The SMILES string of the molecule is CCS(=O)(=O)N1Cc2ccccc2CC1C(=O)N(C)CC(C)C#N. The average Bonchev–Trinajstić information content (AvgIpc) is 2.59. The van der Waals surface area contributed by atoms with Gasteiger partial charge in [0.2, 0.25) is 15.9 Å². The van der Waals surface area contributed by atoms with Crippen molar-refractivity contribution in [2.24, 2.45) is 5.92 Å². The maximum Gasteiger partial charge on any atom is 0.241 e. The van der Waals surface area contributed by atoms with Gasteiger partial charge in [0.25, 0.3) is 0 Å². The largest absolute Gasteiger partial charge is 0.343 e. The van der Waals surface area contributed by atoms with Gasteiger partial charge >= 0.3 is 0 Å². The highest BCUT2D eigenvalue weighted by Crippen LogP contribution is 2.27. The minimum absolute atomic E-state index is 0.0444. The summed E-state index contributed by atoms with van der Waals surface area (Å²) in [6, 6.07) is 8.95. The lowest BCUT2D eigenvalue weighted by Crippen LogP contribution is -2.53. The maximum absolute atomic E-state index is 12.8. The molecule has 1 aliphatic heterocycles. The summed E-state index contributed by atoms with van der Waals surface area (Å²) < 4.78 is 26.3. The monoisotopic (exact) mass is 349 g/mol. The second kappa shape index (κ2) is 7.32. The van der Waals surface area contributed by atoms with Crippen LogP contribution in [0.25, 0.3) is 0 Å². The van der Waals surface area contributed by atoms with E-state index in [2.05, 4.69) is 6.07 Å². The Kier molecular flexibility index (Phi) is 5.62. The zero-order valence-corrected chi connectivity index (χ0v) is 15.1. The molecular weight excluding hydrogens is 326 g/mol. The summed E-state index contributed by atoms with van der Waals surface area (Å²) >= 11 is 0. The van der Waals surface area contributed by atoms with Gasteiger partial charge in [-0.25, -0.2) is 8.42 Å². The van der Waals surface area contributed by atoms with Crippen LogP contribution in [0, 0.1) is 17.2 Å². The second-order valence-electron chi connectivity index (χ2n) is 6.18. The summed E-state index contributed by atoms with van der Waals surface area (Å²) in [5.74, 6) is -0.605. The summed E-state index contributed by atoms with van der Waals surface area (Å²) in [5, 5.41) is 8.93. The smallest absolute Gasteiger partial charge is 0.241 e. The van der Waals surface area contributed by atoms with Gasteiger partial charge in [-0.1, -0.05) is 24.3 Å². The molecule has 0 aromatic heterocycles. The predicted molar refractivity (Wildman–Crippen MR) is 91.4 cm³/mol. The zero-order chi connectivity index (χ0) is 17.9. The summed E-state index contributed by atoms with van der Waals surface area (Å²) in [6.07, 6.45) is 0.361. The summed E-state index contributed by atoms with van der Waals surface area (Å²) in [4.78, 5) is 14.3. The van der Waals surface area contributed by atoms with Crippen molar-refractivity contribution in [2.45, 2.75) is 32.9 Å². The Morgan fingerprint density at radius 1 is 1.42 bits per heavy atom. The van der Waals surface area contributed by atoms with Gasteiger partial charge in [-0.3, -0.25) is 4.79 Å². The number of rotatable bonds is 5. The normalized spacial score (nSPS) is 19.2. The van der Waals surface area contributed by atoms with Gasteiger partial charge in [0.15, 0.2) is 0 Å². The highest BCUT2D eigenvalue weighted by atomic mass is 32.2. The van der Waals surface area contributed by atoms with Crippen molar-refractivity contribution in [1.82, 2.24) is 9.21 Å². The summed E-state index contributed by atoms with van der Waals surface area (Å²) in [5.41, 5.74) is 1.94. The van der Waals surface area contributed by atoms with E-state index in [1.165, 1.54) is 9.21 Å². The van der Waals surface area contributed by atoms with E-state index in [4.69, 9.17) is 5.26 Å². The van der Waals surface area contributed by atoms with Crippen molar-refractivity contribution < 1.29 is 13.2 Å². The first-order valence-corrected chi connectivity index (χ1v) is 9.62. The molecule has 6 nitrogen and oxygen atoms in total. The number of likely N-dealkylation sites (N-methyl/N-ethyl adjacent to an activating group) is 1. The molecule has 0 aliphatic carbocycles. The number of carbonyl (C=O) groups excluding carboxylic acids is 1. The van der Waals surface area contributed by atoms with Crippen molar-refractivity contribution >= 4 is 15.9 Å². The van der Waals surface area contributed by atoms with Crippen LogP contribution >= 0.6 is 0 Å². The van der Waals surface area contributed by atoms with E-state index >= 15 is 0 Å². The van der Waals surface area contributed by atoms with E-state index in [1.807, 2.05) is 24.3 Å². The van der Waals surface area contributed by atoms with Crippen molar-refractivity contribution in [3.8, 4) is 6.07 Å². The molecule has 130 valence electrons. The van der Waals surface area contributed by atoms with Crippen molar-refractivity contribution in [1.29, 1.82) is 5.26 Å². The molecule has 24 heavy (non-hydrogen) atoms. The molecule has 1 aromatic carbocycles. The first-order valence-electron chi connectivity index (χ1n) is 8.01. The first-order chi connectivity index (χ1) is 11.3. The van der Waals surface area contributed by atoms with Crippen LogP contribution in [0.4, 0.5) is 0 Å².